The quantitative estimate of drug-likeness (QED) is 0.534. The zero-order valence-corrected chi connectivity index (χ0v) is 18.8. The summed E-state index contributed by atoms with van der Waals surface area (Å²) in [4.78, 5) is 0. The fraction of sp³-hybridized carbons (Fsp3) is 0.846. The number of ether oxygens (including phenoxy) is 3. The molecule has 3 saturated carbocycles. The van der Waals surface area contributed by atoms with Gasteiger partial charge in [0.1, 0.15) is 0 Å². The van der Waals surface area contributed by atoms with Gasteiger partial charge in [0.2, 0.25) is 0 Å². The first kappa shape index (κ1) is 18.9. The summed E-state index contributed by atoms with van der Waals surface area (Å²) in [6.07, 6.45) is 14.0. The number of rotatable bonds is 2. The number of hydrogen-bond acceptors (Lipinski definition) is 3. The van der Waals surface area contributed by atoms with Crippen LogP contribution in [0.3, 0.4) is 0 Å². The third kappa shape index (κ3) is 1.99. The summed E-state index contributed by atoms with van der Waals surface area (Å²) in [7, 11) is 1.83. The highest BCUT2D eigenvalue weighted by molar-refractivity contribution is 5.36. The highest BCUT2D eigenvalue weighted by atomic mass is 16.7. The minimum Gasteiger partial charge on any atom is -0.501 e. The molecular formula is C26H38O3. The molecule has 29 heavy (non-hydrogen) atoms. The summed E-state index contributed by atoms with van der Waals surface area (Å²) in [6, 6.07) is 0. The van der Waals surface area contributed by atoms with Crippen molar-refractivity contribution in [2.75, 3.05) is 20.3 Å². The normalized spacial score (nSPS) is 50.1. The molecule has 0 aromatic heterocycles. The van der Waals surface area contributed by atoms with E-state index in [1.54, 1.807) is 11.1 Å². The monoisotopic (exact) mass is 398 g/mol. The lowest BCUT2D eigenvalue weighted by atomic mass is 9.46. The van der Waals surface area contributed by atoms with Gasteiger partial charge in [-0.2, -0.15) is 0 Å². The Hall–Kier alpha value is -0.800. The lowest BCUT2D eigenvalue weighted by molar-refractivity contribution is -0.269. The van der Waals surface area contributed by atoms with Gasteiger partial charge in [-0.05, 0) is 93.0 Å². The summed E-state index contributed by atoms with van der Waals surface area (Å²) in [6.45, 7) is 9.01. The van der Waals surface area contributed by atoms with E-state index in [2.05, 4.69) is 26.8 Å². The maximum atomic E-state index is 6.42. The van der Waals surface area contributed by atoms with Gasteiger partial charge in [0.05, 0.1) is 26.1 Å². The molecule has 6 aliphatic rings. The molecule has 1 unspecified atom stereocenters. The minimum atomic E-state index is -0.383. The van der Waals surface area contributed by atoms with Gasteiger partial charge in [0.25, 0.3) is 0 Å². The largest absolute Gasteiger partial charge is 0.501 e. The minimum absolute atomic E-state index is 0.186. The second-order valence-corrected chi connectivity index (χ2v) is 11.4. The van der Waals surface area contributed by atoms with E-state index in [1.807, 2.05) is 7.11 Å². The van der Waals surface area contributed by atoms with E-state index < -0.39 is 0 Å². The first-order valence-electron chi connectivity index (χ1n) is 12.1. The molecule has 1 heterocycles. The Morgan fingerprint density at radius 2 is 1.86 bits per heavy atom. The molecule has 0 spiro atoms. The van der Waals surface area contributed by atoms with Crippen molar-refractivity contribution in [1.82, 2.24) is 0 Å². The Bertz CT molecular complexity index is 790. The van der Waals surface area contributed by atoms with Crippen molar-refractivity contribution < 1.29 is 14.2 Å². The van der Waals surface area contributed by atoms with Crippen LogP contribution in [0.1, 0.15) is 78.6 Å². The van der Waals surface area contributed by atoms with E-state index in [0.29, 0.717) is 16.7 Å². The van der Waals surface area contributed by atoms with Gasteiger partial charge < -0.3 is 14.2 Å². The van der Waals surface area contributed by atoms with Crippen LogP contribution in [0.4, 0.5) is 0 Å². The highest BCUT2D eigenvalue weighted by Crippen LogP contribution is 2.84. The number of fused-ring (bicyclic) bond motifs is 2. The Balaban J connectivity index is 1.40. The second kappa shape index (κ2) is 5.91. The molecule has 4 fully saturated rings. The number of allylic oxidation sites excluding steroid dienone is 3. The molecule has 6 rings (SSSR count). The topological polar surface area (TPSA) is 27.7 Å². The lowest BCUT2D eigenvalue weighted by Crippen LogP contribution is -2.58. The molecule has 3 nitrogen and oxygen atoms in total. The van der Waals surface area contributed by atoms with Crippen molar-refractivity contribution in [2.45, 2.75) is 84.3 Å². The van der Waals surface area contributed by atoms with Gasteiger partial charge in [-0.15, -0.1) is 0 Å². The SMILES string of the molecule is COC1=CCC2=C(CC[C@@H]3[C@@H]2CC[C@@]2(C)C34CC[C@]2(C2(C)OCCO2)[C@H](C)C4)C1. The molecule has 1 aliphatic heterocycles. The first-order chi connectivity index (χ1) is 13.9. The van der Waals surface area contributed by atoms with E-state index in [0.717, 1.165) is 37.9 Å². The molecule has 0 aromatic carbocycles. The summed E-state index contributed by atoms with van der Waals surface area (Å²) in [5, 5.41) is 0. The van der Waals surface area contributed by atoms with Crippen LogP contribution in [0, 0.1) is 34.0 Å². The average Bonchev–Trinajstić information content (AvgIpc) is 3.34. The fourth-order valence-electron chi connectivity index (χ4n) is 10.3. The van der Waals surface area contributed by atoms with Crippen LogP contribution in [0.5, 0.6) is 0 Å². The molecule has 160 valence electrons. The van der Waals surface area contributed by atoms with Gasteiger partial charge in [-0.25, -0.2) is 0 Å². The Morgan fingerprint density at radius 1 is 1.07 bits per heavy atom. The van der Waals surface area contributed by atoms with Gasteiger partial charge in [-0.1, -0.05) is 25.0 Å². The lowest BCUT2D eigenvalue weighted by Gasteiger charge is -2.60. The summed E-state index contributed by atoms with van der Waals surface area (Å²) < 4.78 is 18.4. The van der Waals surface area contributed by atoms with Crippen LogP contribution in [0.25, 0.3) is 0 Å². The van der Waals surface area contributed by atoms with Gasteiger partial charge >= 0.3 is 0 Å². The zero-order chi connectivity index (χ0) is 20.1. The molecular weight excluding hydrogens is 360 g/mol. The highest BCUT2D eigenvalue weighted by Gasteiger charge is 2.80. The first-order valence-corrected chi connectivity index (χ1v) is 12.1. The van der Waals surface area contributed by atoms with E-state index in [9.17, 15) is 0 Å². The van der Waals surface area contributed by atoms with Crippen LogP contribution in [-0.4, -0.2) is 26.1 Å². The van der Waals surface area contributed by atoms with Crippen LogP contribution in [0.2, 0.25) is 0 Å². The fourth-order valence-corrected chi connectivity index (χ4v) is 10.3. The van der Waals surface area contributed by atoms with E-state index >= 15 is 0 Å². The third-order valence-corrected chi connectivity index (χ3v) is 11.2. The number of methoxy groups -OCH3 is 1. The van der Waals surface area contributed by atoms with Crippen LogP contribution < -0.4 is 0 Å². The average molecular weight is 399 g/mol. The van der Waals surface area contributed by atoms with Crippen molar-refractivity contribution in [3.63, 3.8) is 0 Å². The van der Waals surface area contributed by atoms with Crippen molar-refractivity contribution in [2.24, 2.45) is 34.0 Å². The maximum Gasteiger partial charge on any atom is 0.172 e. The molecule has 5 aliphatic carbocycles. The second-order valence-electron chi connectivity index (χ2n) is 11.4. The molecule has 1 saturated heterocycles. The predicted molar refractivity (Wildman–Crippen MR) is 113 cm³/mol. The summed E-state index contributed by atoms with van der Waals surface area (Å²) >= 11 is 0. The van der Waals surface area contributed by atoms with Gasteiger partial charge in [0.15, 0.2) is 5.79 Å². The van der Waals surface area contributed by atoms with Crippen LogP contribution in [0.15, 0.2) is 23.0 Å². The third-order valence-electron chi connectivity index (χ3n) is 11.2. The molecule has 3 heteroatoms. The molecule has 0 amide bonds. The van der Waals surface area contributed by atoms with Gasteiger partial charge in [0, 0.05) is 11.8 Å². The summed E-state index contributed by atoms with van der Waals surface area (Å²) in [5.41, 5.74) is 4.54. The van der Waals surface area contributed by atoms with Crippen LogP contribution in [-0.2, 0) is 14.2 Å². The maximum absolute atomic E-state index is 6.42. The van der Waals surface area contributed by atoms with E-state index in [-0.39, 0.29) is 11.2 Å². The van der Waals surface area contributed by atoms with E-state index in [4.69, 9.17) is 14.2 Å². The van der Waals surface area contributed by atoms with Crippen molar-refractivity contribution in [3.8, 4) is 0 Å². The van der Waals surface area contributed by atoms with Crippen molar-refractivity contribution >= 4 is 0 Å². The molecule has 0 N–H and O–H groups in total. The molecule has 2 bridgehead atoms. The molecule has 6 atom stereocenters. The van der Waals surface area contributed by atoms with Gasteiger partial charge in [-0.3, -0.25) is 0 Å². The number of hydrogen-bond donors (Lipinski definition) is 0. The smallest absolute Gasteiger partial charge is 0.172 e. The Kier molecular flexibility index (Phi) is 3.86. The Morgan fingerprint density at radius 3 is 2.59 bits per heavy atom. The standard InChI is InChI=1S/C26H38O3/c1-17-16-25-11-12-26(17,24(3)28-13-14-29-24)23(25,2)10-9-21-20-7-6-19(27-4)15-18(20)5-8-22(21)25/h6,17,21-22H,5,7-16H2,1-4H3/t17-,21-,22-,23+,25?,26+/m1/s1. The molecule has 0 radical (unpaired) electrons. The van der Waals surface area contributed by atoms with Crippen molar-refractivity contribution in [1.29, 1.82) is 0 Å². The Labute approximate surface area is 176 Å². The van der Waals surface area contributed by atoms with Crippen LogP contribution >= 0.6 is 0 Å². The molecule has 0 aromatic rings. The van der Waals surface area contributed by atoms with E-state index in [1.165, 1.54) is 50.7 Å². The summed E-state index contributed by atoms with van der Waals surface area (Å²) in [5.74, 6) is 3.16. The zero-order valence-electron chi connectivity index (χ0n) is 18.8. The van der Waals surface area contributed by atoms with Crippen molar-refractivity contribution in [3.05, 3.63) is 23.0 Å². The predicted octanol–water partition coefficient (Wildman–Crippen LogP) is 6.00.